The Kier molecular flexibility index (Phi) is 3.08. The van der Waals surface area contributed by atoms with Crippen molar-refractivity contribution in [1.29, 1.82) is 0 Å². The first-order valence-corrected chi connectivity index (χ1v) is 6.79. The van der Waals surface area contributed by atoms with Gasteiger partial charge in [0, 0.05) is 11.1 Å². The van der Waals surface area contributed by atoms with Crippen molar-refractivity contribution in [3.05, 3.63) is 58.2 Å². The number of nitrogens with zero attached hydrogens (tertiary/aromatic N) is 2. The molecule has 0 aliphatic carbocycles. The Bertz CT molecular complexity index is 692. The average molecular weight is 286 g/mol. The van der Waals surface area contributed by atoms with Crippen LogP contribution in [0.2, 0.25) is 0 Å². The molecule has 0 unspecified atom stereocenters. The minimum atomic E-state index is -0.677. The lowest BCUT2D eigenvalue weighted by Gasteiger charge is -2.13. The summed E-state index contributed by atoms with van der Waals surface area (Å²) in [7, 11) is 0. The summed E-state index contributed by atoms with van der Waals surface area (Å²) < 4.78 is 0. The summed E-state index contributed by atoms with van der Waals surface area (Å²) in [4.78, 5) is 30.0. The first-order valence-electron chi connectivity index (χ1n) is 5.91. The third-order valence-corrected chi connectivity index (χ3v) is 3.84. The number of carbonyl (C=O) groups excluding carboxylic acids is 2. The van der Waals surface area contributed by atoms with Gasteiger partial charge in [-0.25, -0.2) is 0 Å². The zero-order valence-corrected chi connectivity index (χ0v) is 11.1. The maximum atomic E-state index is 12.3. The van der Waals surface area contributed by atoms with Gasteiger partial charge in [-0.3, -0.25) is 19.5 Å². The number of hydrogen-bond acceptors (Lipinski definition) is 5. The average Bonchev–Trinajstić information content (AvgIpc) is 3.04. The molecule has 3 heterocycles. The van der Waals surface area contributed by atoms with Gasteiger partial charge in [0.1, 0.15) is 5.57 Å². The molecule has 5 nitrogen and oxygen atoms in total. The van der Waals surface area contributed by atoms with Crippen LogP contribution in [0.3, 0.4) is 0 Å². The summed E-state index contributed by atoms with van der Waals surface area (Å²) in [5.41, 5.74) is 0.662. The van der Waals surface area contributed by atoms with E-state index < -0.39 is 17.6 Å². The first kappa shape index (κ1) is 12.6. The fourth-order valence-electron chi connectivity index (χ4n) is 2.00. The standard InChI is InChI=1S/C14H10N2O3S/c17-12-11(10-5-3-7-20-10)13(18)16(14(12)19)8-9-4-1-2-6-15-9/h1-7,17H,8H2. The van der Waals surface area contributed by atoms with Crippen LogP contribution in [0.15, 0.2) is 47.7 Å². The van der Waals surface area contributed by atoms with Crippen LogP contribution in [-0.4, -0.2) is 26.8 Å². The fourth-order valence-corrected chi connectivity index (χ4v) is 2.77. The lowest BCUT2D eigenvalue weighted by Crippen LogP contribution is -2.31. The van der Waals surface area contributed by atoms with E-state index in [1.807, 2.05) is 0 Å². The van der Waals surface area contributed by atoms with Crippen molar-refractivity contribution < 1.29 is 14.7 Å². The maximum Gasteiger partial charge on any atom is 0.296 e. The van der Waals surface area contributed by atoms with Crippen molar-refractivity contribution in [3.63, 3.8) is 0 Å². The number of thiophene rings is 1. The highest BCUT2D eigenvalue weighted by molar-refractivity contribution is 7.11. The number of aromatic nitrogens is 1. The molecule has 1 aliphatic heterocycles. The summed E-state index contributed by atoms with van der Waals surface area (Å²) in [6.45, 7) is 0.0530. The molecule has 1 aliphatic rings. The molecule has 0 aromatic carbocycles. The number of amides is 2. The smallest absolute Gasteiger partial charge is 0.296 e. The van der Waals surface area contributed by atoms with Gasteiger partial charge in [-0.05, 0) is 23.6 Å². The minimum absolute atomic E-state index is 0.0530. The highest BCUT2D eigenvalue weighted by atomic mass is 32.1. The van der Waals surface area contributed by atoms with Crippen LogP contribution < -0.4 is 0 Å². The van der Waals surface area contributed by atoms with Gasteiger partial charge >= 0.3 is 0 Å². The van der Waals surface area contributed by atoms with Crippen LogP contribution in [0.5, 0.6) is 0 Å². The van der Waals surface area contributed by atoms with Crippen LogP contribution in [-0.2, 0) is 16.1 Å². The number of aliphatic hydroxyl groups excluding tert-OH is 1. The molecule has 0 saturated heterocycles. The van der Waals surface area contributed by atoms with Crippen molar-refractivity contribution in [2.45, 2.75) is 6.54 Å². The summed E-state index contributed by atoms with van der Waals surface area (Å²) >= 11 is 1.30. The second kappa shape index (κ2) is 4.90. The predicted octanol–water partition coefficient (Wildman–Crippen LogP) is 1.98. The summed E-state index contributed by atoms with van der Waals surface area (Å²) in [5, 5.41) is 11.7. The third kappa shape index (κ3) is 2.00. The normalized spacial score (nSPS) is 15.3. The van der Waals surface area contributed by atoms with E-state index in [1.165, 1.54) is 11.3 Å². The largest absolute Gasteiger partial charge is 0.502 e. The van der Waals surface area contributed by atoms with Crippen LogP contribution in [0, 0.1) is 0 Å². The molecule has 0 spiro atoms. The van der Waals surface area contributed by atoms with Gasteiger partial charge in [0.25, 0.3) is 11.8 Å². The highest BCUT2D eigenvalue weighted by Gasteiger charge is 2.39. The summed E-state index contributed by atoms with van der Waals surface area (Å²) in [5.74, 6) is -1.65. The molecule has 6 heteroatoms. The van der Waals surface area contributed by atoms with Gasteiger partial charge in [-0.2, -0.15) is 0 Å². The number of carbonyl (C=O) groups is 2. The molecule has 0 bridgehead atoms. The molecule has 0 radical (unpaired) electrons. The van der Waals surface area contributed by atoms with Crippen molar-refractivity contribution >= 4 is 28.7 Å². The van der Waals surface area contributed by atoms with Crippen molar-refractivity contribution in [2.24, 2.45) is 0 Å². The van der Waals surface area contributed by atoms with E-state index in [1.54, 1.807) is 41.9 Å². The Morgan fingerprint density at radius 1 is 1.15 bits per heavy atom. The van der Waals surface area contributed by atoms with E-state index in [-0.39, 0.29) is 12.1 Å². The minimum Gasteiger partial charge on any atom is -0.502 e. The van der Waals surface area contributed by atoms with Gasteiger partial charge < -0.3 is 5.11 Å². The number of hydrogen-bond donors (Lipinski definition) is 1. The second-order valence-corrected chi connectivity index (χ2v) is 5.17. The van der Waals surface area contributed by atoms with E-state index in [2.05, 4.69) is 4.98 Å². The van der Waals surface area contributed by atoms with E-state index in [9.17, 15) is 14.7 Å². The molecular formula is C14H10N2O3S. The van der Waals surface area contributed by atoms with E-state index in [4.69, 9.17) is 0 Å². The van der Waals surface area contributed by atoms with E-state index in [0.29, 0.717) is 10.6 Å². The molecule has 0 atom stereocenters. The topological polar surface area (TPSA) is 70.5 Å². The Morgan fingerprint density at radius 3 is 2.65 bits per heavy atom. The molecule has 3 rings (SSSR count). The monoisotopic (exact) mass is 286 g/mol. The molecule has 20 heavy (non-hydrogen) atoms. The van der Waals surface area contributed by atoms with Crippen LogP contribution in [0.4, 0.5) is 0 Å². The van der Waals surface area contributed by atoms with Crippen molar-refractivity contribution in [2.75, 3.05) is 0 Å². The SMILES string of the molecule is O=C1C(O)=C(c2cccs2)C(=O)N1Cc1ccccn1. The second-order valence-electron chi connectivity index (χ2n) is 4.22. The van der Waals surface area contributed by atoms with Crippen molar-refractivity contribution in [3.8, 4) is 0 Å². The molecule has 0 saturated carbocycles. The van der Waals surface area contributed by atoms with Gasteiger partial charge in [0.2, 0.25) is 0 Å². The number of rotatable bonds is 3. The molecule has 2 aromatic heterocycles. The van der Waals surface area contributed by atoms with E-state index in [0.717, 1.165) is 4.90 Å². The first-order chi connectivity index (χ1) is 9.68. The quantitative estimate of drug-likeness (QED) is 0.876. The Balaban J connectivity index is 1.91. The number of pyridine rings is 1. The summed E-state index contributed by atoms with van der Waals surface area (Å²) in [6.07, 6.45) is 1.59. The van der Waals surface area contributed by atoms with Gasteiger partial charge in [-0.15, -0.1) is 11.3 Å². The molecular weight excluding hydrogens is 276 g/mol. The van der Waals surface area contributed by atoms with Gasteiger partial charge in [-0.1, -0.05) is 12.1 Å². The van der Waals surface area contributed by atoms with Gasteiger partial charge in [0.05, 0.1) is 12.2 Å². The number of imide groups is 1. The van der Waals surface area contributed by atoms with Crippen molar-refractivity contribution in [1.82, 2.24) is 9.88 Å². The van der Waals surface area contributed by atoms with Crippen LogP contribution in [0.1, 0.15) is 10.6 Å². The molecule has 1 N–H and O–H groups in total. The Hall–Kier alpha value is -2.47. The number of aliphatic hydroxyl groups is 1. The molecule has 0 fully saturated rings. The maximum absolute atomic E-state index is 12.3. The molecule has 2 amide bonds. The molecule has 2 aromatic rings. The third-order valence-electron chi connectivity index (χ3n) is 2.96. The lowest BCUT2D eigenvalue weighted by molar-refractivity contribution is -0.138. The predicted molar refractivity (Wildman–Crippen MR) is 73.7 cm³/mol. The van der Waals surface area contributed by atoms with Crippen LogP contribution in [0.25, 0.3) is 5.57 Å². The zero-order chi connectivity index (χ0) is 14.1. The van der Waals surface area contributed by atoms with E-state index >= 15 is 0 Å². The van der Waals surface area contributed by atoms with Gasteiger partial charge in [0.15, 0.2) is 5.76 Å². The highest BCUT2D eigenvalue weighted by Crippen LogP contribution is 2.31. The zero-order valence-electron chi connectivity index (χ0n) is 10.3. The molecule has 100 valence electrons. The Labute approximate surface area is 118 Å². The summed E-state index contributed by atoms with van der Waals surface area (Å²) in [6, 6.07) is 8.72. The van der Waals surface area contributed by atoms with Crippen LogP contribution >= 0.6 is 11.3 Å². The lowest BCUT2D eigenvalue weighted by atomic mass is 10.2. The Morgan fingerprint density at radius 2 is 2.00 bits per heavy atom. The fraction of sp³-hybridized carbons (Fsp3) is 0.0714.